The minimum Gasteiger partial charge on any atom is -0.481 e. The molecular formula is C9H16F3NO3. The Morgan fingerprint density at radius 3 is 2.19 bits per heavy atom. The lowest BCUT2D eigenvalue weighted by molar-refractivity contribution is -0.192. The molecule has 0 aromatic carbocycles. The topological polar surface area (TPSA) is 69.6 Å². The van der Waals surface area contributed by atoms with Gasteiger partial charge < -0.3 is 15.5 Å². The van der Waals surface area contributed by atoms with Crippen LogP contribution in [-0.4, -0.2) is 42.1 Å². The molecule has 0 radical (unpaired) electrons. The van der Waals surface area contributed by atoms with E-state index in [0.29, 0.717) is 0 Å². The van der Waals surface area contributed by atoms with Crippen LogP contribution < -0.4 is 5.32 Å². The summed E-state index contributed by atoms with van der Waals surface area (Å²) in [5.41, 5.74) is -0.575. The third kappa shape index (κ3) is 5.32. The van der Waals surface area contributed by atoms with E-state index in [1.165, 1.54) is 0 Å². The predicted octanol–water partition coefficient (Wildman–Crippen LogP) is 0.858. The van der Waals surface area contributed by atoms with Gasteiger partial charge in [0.2, 0.25) is 0 Å². The van der Waals surface area contributed by atoms with Gasteiger partial charge in [0.1, 0.15) is 0 Å². The second-order valence-electron chi connectivity index (χ2n) is 4.39. The monoisotopic (exact) mass is 243 g/mol. The van der Waals surface area contributed by atoms with Crippen molar-refractivity contribution >= 4 is 5.97 Å². The fourth-order valence-corrected chi connectivity index (χ4v) is 0.954. The Labute approximate surface area is 91.5 Å². The normalized spacial score (nSPS) is 14.9. The van der Waals surface area contributed by atoms with Crippen molar-refractivity contribution in [3.8, 4) is 0 Å². The highest BCUT2D eigenvalue weighted by molar-refractivity contribution is 5.71. The Bertz CT molecular complexity index is 241. The van der Waals surface area contributed by atoms with Crippen LogP contribution in [0.2, 0.25) is 0 Å². The Hall–Kier alpha value is -0.820. The van der Waals surface area contributed by atoms with Gasteiger partial charge >= 0.3 is 12.1 Å². The molecule has 0 saturated heterocycles. The lowest BCUT2D eigenvalue weighted by atomic mass is 9.95. The van der Waals surface area contributed by atoms with Gasteiger partial charge in [-0.2, -0.15) is 13.2 Å². The van der Waals surface area contributed by atoms with Gasteiger partial charge in [-0.1, -0.05) is 13.8 Å². The average molecular weight is 243 g/mol. The van der Waals surface area contributed by atoms with E-state index in [-0.39, 0.29) is 13.2 Å². The molecule has 3 N–H and O–H groups in total. The van der Waals surface area contributed by atoms with Crippen molar-refractivity contribution in [2.75, 3.05) is 19.7 Å². The molecule has 0 amide bonds. The van der Waals surface area contributed by atoms with Crippen molar-refractivity contribution in [1.29, 1.82) is 0 Å². The van der Waals surface area contributed by atoms with E-state index in [2.05, 4.69) is 5.32 Å². The largest absolute Gasteiger partial charge is 0.481 e. The van der Waals surface area contributed by atoms with E-state index in [9.17, 15) is 18.0 Å². The van der Waals surface area contributed by atoms with Gasteiger partial charge in [0.25, 0.3) is 0 Å². The molecule has 7 heteroatoms. The molecule has 0 aromatic heterocycles. The Balaban J connectivity index is 4.21. The fourth-order valence-electron chi connectivity index (χ4n) is 0.954. The molecule has 0 heterocycles. The zero-order chi connectivity index (χ0) is 13.0. The van der Waals surface area contributed by atoms with Gasteiger partial charge in [0.15, 0.2) is 5.92 Å². The number of aliphatic carboxylic acids is 1. The van der Waals surface area contributed by atoms with Crippen molar-refractivity contribution in [2.45, 2.75) is 20.0 Å². The first-order chi connectivity index (χ1) is 7.10. The predicted molar refractivity (Wildman–Crippen MR) is 50.9 cm³/mol. The van der Waals surface area contributed by atoms with Crippen LogP contribution in [0.15, 0.2) is 0 Å². The van der Waals surface area contributed by atoms with Crippen LogP contribution >= 0.6 is 0 Å². The highest BCUT2D eigenvalue weighted by atomic mass is 19.4. The summed E-state index contributed by atoms with van der Waals surface area (Å²) in [6.07, 6.45) is -4.76. The molecule has 1 unspecified atom stereocenters. The number of carbonyl (C=O) groups is 1. The van der Waals surface area contributed by atoms with Crippen LogP contribution in [0, 0.1) is 11.3 Å². The van der Waals surface area contributed by atoms with Gasteiger partial charge in [-0.3, -0.25) is 4.79 Å². The molecule has 1 atom stereocenters. The van der Waals surface area contributed by atoms with E-state index in [0.717, 1.165) is 0 Å². The van der Waals surface area contributed by atoms with Crippen LogP contribution in [0.4, 0.5) is 13.2 Å². The van der Waals surface area contributed by atoms with E-state index in [4.69, 9.17) is 10.2 Å². The number of carboxylic acids is 1. The van der Waals surface area contributed by atoms with Gasteiger partial charge in [0.05, 0.1) is 0 Å². The van der Waals surface area contributed by atoms with Gasteiger partial charge in [0, 0.05) is 25.1 Å². The van der Waals surface area contributed by atoms with Crippen LogP contribution in [0.3, 0.4) is 0 Å². The zero-order valence-corrected chi connectivity index (χ0v) is 9.14. The molecule has 0 aromatic rings. The molecular weight excluding hydrogens is 227 g/mol. The van der Waals surface area contributed by atoms with Gasteiger partial charge in [-0.05, 0) is 0 Å². The van der Waals surface area contributed by atoms with Crippen LogP contribution in [0.1, 0.15) is 13.8 Å². The Morgan fingerprint density at radius 1 is 1.38 bits per heavy atom. The van der Waals surface area contributed by atoms with E-state index in [1.807, 2.05) is 0 Å². The SMILES string of the molecule is CC(C)(CO)CNCC(C(=O)O)C(F)(F)F. The number of halogens is 3. The molecule has 4 nitrogen and oxygen atoms in total. The summed E-state index contributed by atoms with van der Waals surface area (Å²) < 4.78 is 36.6. The first-order valence-corrected chi connectivity index (χ1v) is 4.71. The number of aliphatic hydroxyl groups is 1. The molecule has 0 aliphatic rings. The number of aliphatic hydroxyl groups excluding tert-OH is 1. The molecule has 0 bridgehead atoms. The minimum absolute atomic E-state index is 0.114. The maximum absolute atomic E-state index is 12.2. The molecule has 0 spiro atoms. The number of hydrogen-bond acceptors (Lipinski definition) is 3. The molecule has 0 aliphatic carbocycles. The average Bonchev–Trinajstić information content (AvgIpc) is 2.09. The molecule has 0 aliphatic heterocycles. The smallest absolute Gasteiger partial charge is 0.403 e. The first kappa shape index (κ1) is 15.2. The van der Waals surface area contributed by atoms with Gasteiger partial charge in [-0.15, -0.1) is 0 Å². The highest BCUT2D eigenvalue weighted by Gasteiger charge is 2.44. The number of alkyl halides is 3. The second kappa shape index (κ2) is 5.49. The van der Waals surface area contributed by atoms with Gasteiger partial charge in [-0.25, -0.2) is 0 Å². The standard InChI is InChI=1S/C9H16F3NO3/c1-8(2,5-14)4-13-3-6(7(15)16)9(10,11)12/h6,13-14H,3-5H2,1-2H3,(H,15,16). The molecule has 0 saturated carbocycles. The van der Waals surface area contributed by atoms with Crippen molar-refractivity contribution in [1.82, 2.24) is 5.32 Å². The van der Waals surface area contributed by atoms with Crippen molar-refractivity contribution < 1.29 is 28.2 Å². The Morgan fingerprint density at radius 2 is 1.88 bits per heavy atom. The van der Waals surface area contributed by atoms with Crippen LogP contribution in [0.25, 0.3) is 0 Å². The summed E-state index contributed by atoms with van der Waals surface area (Å²) in [6.45, 7) is 2.54. The van der Waals surface area contributed by atoms with Crippen molar-refractivity contribution in [3.63, 3.8) is 0 Å². The molecule has 96 valence electrons. The summed E-state index contributed by atoms with van der Waals surface area (Å²) in [7, 11) is 0. The number of nitrogens with one attached hydrogen (secondary N) is 1. The zero-order valence-electron chi connectivity index (χ0n) is 9.14. The number of hydrogen-bond donors (Lipinski definition) is 3. The lowest BCUT2D eigenvalue weighted by Gasteiger charge is -2.24. The van der Waals surface area contributed by atoms with E-state index < -0.39 is 30.0 Å². The lowest BCUT2D eigenvalue weighted by Crippen LogP contribution is -2.42. The summed E-state index contributed by atoms with van der Waals surface area (Å²) in [5.74, 6) is -4.32. The molecule has 0 fully saturated rings. The maximum atomic E-state index is 12.2. The van der Waals surface area contributed by atoms with E-state index in [1.54, 1.807) is 13.8 Å². The van der Waals surface area contributed by atoms with Crippen LogP contribution in [-0.2, 0) is 4.79 Å². The summed E-state index contributed by atoms with van der Waals surface area (Å²) in [5, 5.41) is 19.6. The highest BCUT2D eigenvalue weighted by Crippen LogP contribution is 2.26. The maximum Gasteiger partial charge on any atom is 0.403 e. The number of rotatable bonds is 6. The summed E-state index contributed by atoms with van der Waals surface area (Å²) in [6, 6.07) is 0. The Kier molecular flexibility index (Phi) is 5.21. The van der Waals surface area contributed by atoms with E-state index >= 15 is 0 Å². The summed E-state index contributed by atoms with van der Waals surface area (Å²) in [4.78, 5) is 10.4. The first-order valence-electron chi connectivity index (χ1n) is 4.71. The number of carboxylic acid groups (broad SMARTS) is 1. The third-order valence-electron chi connectivity index (χ3n) is 2.07. The summed E-state index contributed by atoms with van der Waals surface area (Å²) >= 11 is 0. The second-order valence-corrected chi connectivity index (χ2v) is 4.39. The molecule has 16 heavy (non-hydrogen) atoms. The van der Waals surface area contributed by atoms with Crippen molar-refractivity contribution in [3.05, 3.63) is 0 Å². The third-order valence-corrected chi connectivity index (χ3v) is 2.07. The molecule has 0 rings (SSSR count). The van der Waals surface area contributed by atoms with Crippen molar-refractivity contribution in [2.24, 2.45) is 11.3 Å². The fraction of sp³-hybridized carbons (Fsp3) is 0.889. The van der Waals surface area contributed by atoms with Crippen LogP contribution in [0.5, 0.6) is 0 Å². The quantitative estimate of drug-likeness (QED) is 0.647. The minimum atomic E-state index is -4.76.